The van der Waals surface area contributed by atoms with Crippen LogP contribution in [0.3, 0.4) is 0 Å². The average Bonchev–Trinajstić information content (AvgIpc) is 2.94. The highest BCUT2D eigenvalue weighted by molar-refractivity contribution is 5.97. The van der Waals surface area contributed by atoms with Crippen LogP contribution in [0.5, 0.6) is 0 Å². The third-order valence-electron chi connectivity index (χ3n) is 4.52. The van der Waals surface area contributed by atoms with Crippen LogP contribution in [-0.4, -0.2) is 33.9 Å². The van der Waals surface area contributed by atoms with Crippen LogP contribution >= 0.6 is 0 Å². The standard InChI is InChI=1S/C16H21N3O/c1-11-3-6-13(7-4-11)19(2)16(20)12-5-8-14-15(9-12)18-10-17-14/h5,8-11,13H,3-4,6-7H2,1-2H3,(H,17,18). The Hall–Kier alpha value is -1.84. The van der Waals surface area contributed by atoms with Gasteiger partial charge in [-0.25, -0.2) is 4.98 Å². The van der Waals surface area contributed by atoms with E-state index in [2.05, 4.69) is 16.9 Å². The van der Waals surface area contributed by atoms with Crippen LogP contribution in [0.1, 0.15) is 43.0 Å². The van der Waals surface area contributed by atoms with Crippen molar-refractivity contribution in [3.05, 3.63) is 30.1 Å². The van der Waals surface area contributed by atoms with Crippen LogP contribution in [0.4, 0.5) is 0 Å². The monoisotopic (exact) mass is 271 g/mol. The fourth-order valence-electron chi connectivity index (χ4n) is 3.07. The van der Waals surface area contributed by atoms with E-state index in [0.717, 1.165) is 35.4 Å². The maximum Gasteiger partial charge on any atom is 0.253 e. The number of imidazole rings is 1. The fourth-order valence-corrected chi connectivity index (χ4v) is 3.07. The zero-order valence-corrected chi connectivity index (χ0v) is 12.1. The quantitative estimate of drug-likeness (QED) is 0.911. The van der Waals surface area contributed by atoms with Crippen LogP contribution in [0, 0.1) is 5.92 Å². The molecule has 0 bridgehead atoms. The van der Waals surface area contributed by atoms with Crippen LogP contribution in [0.2, 0.25) is 0 Å². The molecule has 4 heteroatoms. The number of hydrogen-bond donors (Lipinski definition) is 1. The summed E-state index contributed by atoms with van der Waals surface area (Å²) in [4.78, 5) is 21.7. The van der Waals surface area contributed by atoms with Crippen molar-refractivity contribution in [2.24, 2.45) is 5.92 Å². The maximum absolute atomic E-state index is 12.6. The van der Waals surface area contributed by atoms with Gasteiger partial charge in [-0.1, -0.05) is 6.92 Å². The highest BCUT2D eigenvalue weighted by atomic mass is 16.2. The molecule has 20 heavy (non-hydrogen) atoms. The molecular formula is C16H21N3O. The lowest BCUT2D eigenvalue weighted by atomic mass is 9.86. The van der Waals surface area contributed by atoms with Crippen molar-refractivity contribution in [1.29, 1.82) is 0 Å². The Balaban J connectivity index is 1.77. The summed E-state index contributed by atoms with van der Waals surface area (Å²) >= 11 is 0. The molecule has 1 heterocycles. The van der Waals surface area contributed by atoms with Crippen molar-refractivity contribution in [3.63, 3.8) is 0 Å². The van der Waals surface area contributed by atoms with Gasteiger partial charge >= 0.3 is 0 Å². The third-order valence-corrected chi connectivity index (χ3v) is 4.52. The first-order valence-corrected chi connectivity index (χ1v) is 7.35. The van der Waals surface area contributed by atoms with E-state index in [1.54, 1.807) is 6.33 Å². The summed E-state index contributed by atoms with van der Waals surface area (Å²) in [5, 5.41) is 0. The summed E-state index contributed by atoms with van der Waals surface area (Å²) in [5.74, 6) is 0.914. The second-order valence-corrected chi connectivity index (χ2v) is 5.96. The number of H-pyrrole nitrogens is 1. The zero-order chi connectivity index (χ0) is 14.1. The van der Waals surface area contributed by atoms with Crippen molar-refractivity contribution in [2.75, 3.05) is 7.05 Å². The van der Waals surface area contributed by atoms with Crippen LogP contribution in [-0.2, 0) is 0 Å². The predicted molar refractivity (Wildman–Crippen MR) is 79.6 cm³/mol. The first-order chi connectivity index (χ1) is 9.65. The Kier molecular flexibility index (Phi) is 3.47. The summed E-state index contributed by atoms with van der Waals surface area (Å²) in [6.45, 7) is 2.30. The summed E-state index contributed by atoms with van der Waals surface area (Å²) in [6.07, 6.45) is 6.35. The first kappa shape index (κ1) is 13.2. The van der Waals surface area contributed by atoms with Gasteiger partial charge in [0.1, 0.15) is 0 Å². The van der Waals surface area contributed by atoms with E-state index in [1.165, 1.54) is 12.8 Å². The number of carbonyl (C=O) groups excluding carboxylic acids is 1. The Labute approximate surface area is 119 Å². The molecular weight excluding hydrogens is 250 g/mol. The molecule has 0 aliphatic heterocycles. The van der Waals surface area contributed by atoms with Gasteiger partial charge in [-0.15, -0.1) is 0 Å². The van der Waals surface area contributed by atoms with Gasteiger partial charge in [-0.2, -0.15) is 0 Å². The number of rotatable bonds is 2. The minimum Gasteiger partial charge on any atom is -0.345 e. The molecule has 106 valence electrons. The van der Waals surface area contributed by atoms with E-state index in [1.807, 2.05) is 30.1 Å². The lowest BCUT2D eigenvalue weighted by Gasteiger charge is -2.33. The van der Waals surface area contributed by atoms with Crippen LogP contribution in [0.25, 0.3) is 11.0 Å². The molecule has 1 aromatic carbocycles. The van der Waals surface area contributed by atoms with E-state index in [4.69, 9.17) is 0 Å². The number of aromatic amines is 1. The van der Waals surface area contributed by atoms with Gasteiger partial charge in [0.15, 0.2) is 0 Å². The molecule has 1 aliphatic carbocycles. The third kappa shape index (κ3) is 2.42. The summed E-state index contributed by atoms with van der Waals surface area (Å²) < 4.78 is 0. The first-order valence-electron chi connectivity index (χ1n) is 7.35. The molecule has 0 spiro atoms. The minimum absolute atomic E-state index is 0.112. The number of carbonyl (C=O) groups is 1. The number of benzene rings is 1. The second-order valence-electron chi connectivity index (χ2n) is 5.96. The number of amides is 1. The van der Waals surface area contributed by atoms with E-state index in [9.17, 15) is 4.79 Å². The Morgan fingerprint density at radius 3 is 2.80 bits per heavy atom. The molecule has 0 unspecified atom stereocenters. The molecule has 1 aliphatic rings. The van der Waals surface area contributed by atoms with Gasteiger partial charge in [-0.05, 0) is 49.8 Å². The molecule has 0 atom stereocenters. The Bertz CT molecular complexity index is 611. The van der Waals surface area contributed by atoms with E-state index in [-0.39, 0.29) is 5.91 Å². The van der Waals surface area contributed by atoms with Crippen molar-refractivity contribution >= 4 is 16.9 Å². The number of fused-ring (bicyclic) bond motifs is 1. The van der Waals surface area contributed by atoms with Crippen molar-refractivity contribution in [2.45, 2.75) is 38.6 Å². The molecule has 0 saturated heterocycles. The summed E-state index contributed by atoms with van der Waals surface area (Å²) in [6, 6.07) is 6.05. The molecule has 1 N–H and O–H groups in total. The van der Waals surface area contributed by atoms with Crippen molar-refractivity contribution < 1.29 is 4.79 Å². The van der Waals surface area contributed by atoms with Crippen LogP contribution in [0.15, 0.2) is 24.5 Å². The number of aromatic nitrogens is 2. The molecule has 1 saturated carbocycles. The van der Waals surface area contributed by atoms with Gasteiger partial charge in [0, 0.05) is 18.7 Å². The van der Waals surface area contributed by atoms with Gasteiger partial charge < -0.3 is 9.88 Å². The van der Waals surface area contributed by atoms with E-state index < -0.39 is 0 Å². The van der Waals surface area contributed by atoms with E-state index >= 15 is 0 Å². The van der Waals surface area contributed by atoms with Gasteiger partial charge in [0.25, 0.3) is 5.91 Å². The van der Waals surface area contributed by atoms with Crippen molar-refractivity contribution in [1.82, 2.24) is 14.9 Å². The lowest BCUT2D eigenvalue weighted by Crippen LogP contribution is -2.39. The highest BCUT2D eigenvalue weighted by Gasteiger charge is 2.25. The minimum atomic E-state index is 0.112. The number of nitrogens with zero attached hydrogens (tertiary/aromatic N) is 2. The predicted octanol–water partition coefficient (Wildman–Crippen LogP) is 3.21. The molecule has 2 aromatic rings. The highest BCUT2D eigenvalue weighted by Crippen LogP contribution is 2.27. The summed E-state index contributed by atoms with van der Waals surface area (Å²) in [7, 11) is 1.93. The normalized spacial score (nSPS) is 22.9. The zero-order valence-electron chi connectivity index (χ0n) is 12.1. The molecule has 4 nitrogen and oxygen atoms in total. The molecule has 1 aromatic heterocycles. The van der Waals surface area contributed by atoms with Gasteiger partial charge in [0.2, 0.25) is 0 Å². The lowest BCUT2D eigenvalue weighted by molar-refractivity contribution is 0.0679. The molecule has 1 amide bonds. The topological polar surface area (TPSA) is 49.0 Å². The smallest absolute Gasteiger partial charge is 0.253 e. The molecule has 1 fully saturated rings. The number of nitrogens with one attached hydrogen (secondary N) is 1. The Morgan fingerprint density at radius 2 is 2.05 bits per heavy atom. The Morgan fingerprint density at radius 1 is 1.30 bits per heavy atom. The molecule has 0 radical (unpaired) electrons. The second kappa shape index (κ2) is 5.27. The van der Waals surface area contributed by atoms with Gasteiger partial charge in [0.05, 0.1) is 17.4 Å². The maximum atomic E-state index is 12.6. The van der Waals surface area contributed by atoms with Crippen molar-refractivity contribution in [3.8, 4) is 0 Å². The number of hydrogen-bond acceptors (Lipinski definition) is 2. The van der Waals surface area contributed by atoms with E-state index in [0.29, 0.717) is 6.04 Å². The van der Waals surface area contributed by atoms with Gasteiger partial charge in [-0.3, -0.25) is 4.79 Å². The van der Waals surface area contributed by atoms with Crippen LogP contribution < -0.4 is 0 Å². The fraction of sp³-hybridized carbons (Fsp3) is 0.500. The largest absolute Gasteiger partial charge is 0.345 e. The average molecular weight is 271 g/mol. The SMILES string of the molecule is CC1CCC(N(C)C(=O)c2ccc3nc[nH]c3c2)CC1. The molecule has 3 rings (SSSR count). The summed E-state index contributed by atoms with van der Waals surface area (Å²) in [5.41, 5.74) is 2.56.